The van der Waals surface area contributed by atoms with Crippen LogP contribution in [0.3, 0.4) is 0 Å². The van der Waals surface area contributed by atoms with E-state index in [1.165, 1.54) is 38.5 Å². The molecule has 4 nitrogen and oxygen atoms in total. The number of hydrogen-bond acceptors (Lipinski definition) is 4. The third kappa shape index (κ3) is 15.9. The fourth-order valence-corrected chi connectivity index (χ4v) is 2.23. The molecular formula is C16H38N4. The highest BCUT2D eigenvalue weighted by molar-refractivity contribution is 4.60. The van der Waals surface area contributed by atoms with E-state index in [2.05, 4.69) is 24.5 Å². The van der Waals surface area contributed by atoms with Gasteiger partial charge in [-0.25, -0.2) is 0 Å². The maximum atomic E-state index is 5.71. The molecule has 2 atom stereocenters. The molecule has 0 fully saturated rings. The van der Waals surface area contributed by atoms with Crippen LogP contribution in [0.4, 0.5) is 0 Å². The summed E-state index contributed by atoms with van der Waals surface area (Å²) in [4.78, 5) is 0. The van der Waals surface area contributed by atoms with Gasteiger partial charge < -0.3 is 22.1 Å². The molecule has 20 heavy (non-hydrogen) atoms. The lowest BCUT2D eigenvalue weighted by Gasteiger charge is -2.13. The molecule has 0 aliphatic heterocycles. The van der Waals surface area contributed by atoms with Gasteiger partial charge in [0.2, 0.25) is 0 Å². The van der Waals surface area contributed by atoms with Crippen molar-refractivity contribution in [2.75, 3.05) is 32.7 Å². The van der Waals surface area contributed by atoms with E-state index < -0.39 is 0 Å². The first-order valence-corrected chi connectivity index (χ1v) is 8.54. The van der Waals surface area contributed by atoms with Crippen LogP contribution < -0.4 is 22.1 Å². The zero-order valence-corrected chi connectivity index (χ0v) is 13.8. The second kappa shape index (κ2) is 15.2. The molecule has 4 heteroatoms. The van der Waals surface area contributed by atoms with Crippen LogP contribution in [-0.2, 0) is 0 Å². The molecule has 0 aliphatic rings. The van der Waals surface area contributed by atoms with Crippen LogP contribution in [0.15, 0.2) is 0 Å². The lowest BCUT2D eigenvalue weighted by Crippen LogP contribution is -2.26. The molecule has 2 unspecified atom stereocenters. The van der Waals surface area contributed by atoms with Crippen molar-refractivity contribution in [1.29, 1.82) is 0 Å². The number of rotatable bonds is 15. The van der Waals surface area contributed by atoms with Crippen LogP contribution in [-0.4, -0.2) is 38.8 Å². The van der Waals surface area contributed by atoms with Crippen LogP contribution in [0.2, 0.25) is 0 Å². The van der Waals surface area contributed by atoms with Crippen molar-refractivity contribution in [3.8, 4) is 0 Å². The molecule has 0 saturated heterocycles. The van der Waals surface area contributed by atoms with Crippen molar-refractivity contribution < 1.29 is 0 Å². The highest BCUT2D eigenvalue weighted by Gasteiger charge is 2.01. The van der Waals surface area contributed by atoms with Crippen molar-refractivity contribution in [2.24, 2.45) is 17.4 Å². The molecule has 0 radical (unpaired) electrons. The summed E-state index contributed by atoms with van der Waals surface area (Å²) >= 11 is 0. The summed E-state index contributed by atoms with van der Waals surface area (Å²) in [6.45, 7) is 9.71. The lowest BCUT2D eigenvalue weighted by atomic mass is 10.1. The van der Waals surface area contributed by atoms with Crippen molar-refractivity contribution >= 4 is 0 Å². The molecule has 0 aromatic heterocycles. The van der Waals surface area contributed by atoms with Gasteiger partial charge in [0.25, 0.3) is 0 Å². The minimum Gasteiger partial charge on any atom is -0.330 e. The highest BCUT2D eigenvalue weighted by Crippen LogP contribution is 2.03. The summed E-state index contributed by atoms with van der Waals surface area (Å²) in [5.74, 6) is 0.772. The first kappa shape index (κ1) is 19.8. The average Bonchev–Trinajstić information content (AvgIpc) is 2.41. The summed E-state index contributed by atoms with van der Waals surface area (Å²) in [7, 11) is 0. The van der Waals surface area contributed by atoms with Gasteiger partial charge in [-0.3, -0.25) is 0 Å². The van der Waals surface area contributed by atoms with Gasteiger partial charge in [0.05, 0.1) is 0 Å². The van der Waals surface area contributed by atoms with Crippen molar-refractivity contribution in [2.45, 2.75) is 64.8 Å². The molecule has 0 aromatic carbocycles. The van der Waals surface area contributed by atoms with Gasteiger partial charge in [-0.05, 0) is 77.7 Å². The lowest BCUT2D eigenvalue weighted by molar-refractivity contribution is 0.449. The predicted octanol–water partition coefficient (Wildman–Crippen LogP) is 1.84. The van der Waals surface area contributed by atoms with Gasteiger partial charge in [-0.1, -0.05) is 19.8 Å². The Balaban J connectivity index is 3.14. The minimum absolute atomic E-state index is 0.315. The summed E-state index contributed by atoms with van der Waals surface area (Å²) < 4.78 is 0. The Kier molecular flexibility index (Phi) is 15.1. The van der Waals surface area contributed by atoms with E-state index in [1.54, 1.807) is 0 Å². The Morgan fingerprint density at radius 1 is 0.800 bits per heavy atom. The summed E-state index contributed by atoms with van der Waals surface area (Å²) in [6, 6.07) is 0.315. The van der Waals surface area contributed by atoms with Crippen molar-refractivity contribution in [1.82, 2.24) is 10.6 Å². The molecule has 0 spiro atoms. The van der Waals surface area contributed by atoms with Crippen molar-refractivity contribution in [3.63, 3.8) is 0 Å². The van der Waals surface area contributed by atoms with Crippen molar-refractivity contribution in [3.05, 3.63) is 0 Å². The minimum atomic E-state index is 0.315. The zero-order chi connectivity index (χ0) is 15.1. The first-order valence-electron chi connectivity index (χ1n) is 8.54. The maximum Gasteiger partial charge on any atom is 0.00225 e. The topological polar surface area (TPSA) is 76.1 Å². The predicted molar refractivity (Wildman–Crippen MR) is 89.9 cm³/mol. The monoisotopic (exact) mass is 286 g/mol. The third-order valence-corrected chi connectivity index (χ3v) is 3.63. The Morgan fingerprint density at radius 3 is 2.20 bits per heavy atom. The quantitative estimate of drug-likeness (QED) is 0.347. The van der Waals surface area contributed by atoms with Crippen LogP contribution >= 0.6 is 0 Å². The van der Waals surface area contributed by atoms with Crippen LogP contribution in [0.5, 0.6) is 0 Å². The summed E-state index contributed by atoms with van der Waals surface area (Å²) in [5, 5.41) is 7.02. The molecule has 6 N–H and O–H groups in total. The number of unbranched alkanes of at least 4 members (excludes halogenated alkanes) is 3. The van der Waals surface area contributed by atoms with Gasteiger partial charge in [0, 0.05) is 6.04 Å². The van der Waals surface area contributed by atoms with Crippen LogP contribution in [0.25, 0.3) is 0 Å². The summed E-state index contributed by atoms with van der Waals surface area (Å²) in [5.41, 5.74) is 11.2. The fourth-order valence-electron chi connectivity index (χ4n) is 2.23. The second-order valence-electron chi connectivity index (χ2n) is 6.17. The fraction of sp³-hybridized carbons (Fsp3) is 1.00. The van der Waals surface area contributed by atoms with Gasteiger partial charge in [-0.2, -0.15) is 0 Å². The number of hydrogen-bond donors (Lipinski definition) is 4. The van der Waals surface area contributed by atoms with E-state index in [0.29, 0.717) is 6.04 Å². The van der Waals surface area contributed by atoms with E-state index >= 15 is 0 Å². The molecule has 0 rings (SSSR count). The van der Waals surface area contributed by atoms with Gasteiger partial charge in [-0.15, -0.1) is 0 Å². The molecule has 0 bridgehead atoms. The molecule has 0 amide bonds. The van der Waals surface area contributed by atoms with E-state index in [9.17, 15) is 0 Å². The van der Waals surface area contributed by atoms with Gasteiger partial charge >= 0.3 is 0 Å². The first-order chi connectivity index (χ1) is 9.66. The average molecular weight is 287 g/mol. The van der Waals surface area contributed by atoms with Gasteiger partial charge in [0.15, 0.2) is 0 Å². The molecule has 0 aliphatic carbocycles. The number of nitrogens with two attached hydrogens (primary N) is 2. The number of nitrogens with one attached hydrogen (secondary N) is 2. The Bertz CT molecular complexity index is 185. The highest BCUT2D eigenvalue weighted by atomic mass is 14.9. The molecule has 0 aromatic rings. The Morgan fingerprint density at radius 2 is 1.50 bits per heavy atom. The maximum absolute atomic E-state index is 5.71. The molecular weight excluding hydrogens is 248 g/mol. The third-order valence-electron chi connectivity index (χ3n) is 3.63. The Hall–Kier alpha value is -0.160. The van der Waals surface area contributed by atoms with E-state index in [1.807, 2.05) is 0 Å². The van der Waals surface area contributed by atoms with Gasteiger partial charge in [0.1, 0.15) is 0 Å². The molecule has 122 valence electrons. The molecule has 0 heterocycles. The van der Waals surface area contributed by atoms with E-state index in [0.717, 1.165) is 45.1 Å². The smallest absolute Gasteiger partial charge is 0.00225 e. The molecule has 0 saturated carbocycles. The second-order valence-corrected chi connectivity index (χ2v) is 6.17. The normalized spacial score (nSPS) is 14.4. The standard InChI is InChI=1S/C16H38N4/c1-15(8-7-12-19-13-9-16(2)18)14-20-11-6-4-3-5-10-17/h15-16,19-20H,3-14,17-18H2,1-2H3. The van der Waals surface area contributed by atoms with E-state index in [-0.39, 0.29) is 0 Å². The zero-order valence-electron chi connectivity index (χ0n) is 13.8. The van der Waals surface area contributed by atoms with Crippen LogP contribution in [0, 0.1) is 5.92 Å². The largest absolute Gasteiger partial charge is 0.330 e. The SMILES string of the molecule is CC(N)CCNCCCC(C)CNCCCCCCN. The van der Waals surface area contributed by atoms with Crippen LogP contribution in [0.1, 0.15) is 58.8 Å². The van der Waals surface area contributed by atoms with E-state index in [4.69, 9.17) is 11.5 Å². The Labute approximate surface area is 126 Å². The summed E-state index contributed by atoms with van der Waals surface area (Å²) in [6.07, 6.45) is 8.67.